The summed E-state index contributed by atoms with van der Waals surface area (Å²) in [4.78, 5) is 3.81. The van der Waals surface area contributed by atoms with E-state index in [1.165, 1.54) is 19.0 Å². The molecule has 0 aromatic carbocycles. The van der Waals surface area contributed by atoms with Gasteiger partial charge in [-0.05, 0) is 18.8 Å². The van der Waals surface area contributed by atoms with Crippen molar-refractivity contribution in [3.63, 3.8) is 0 Å². The van der Waals surface area contributed by atoms with Gasteiger partial charge < -0.3 is 4.57 Å². The fourth-order valence-electron chi connectivity index (χ4n) is 1.26. The third kappa shape index (κ3) is 2.46. The summed E-state index contributed by atoms with van der Waals surface area (Å²) in [5, 5.41) is 0. The van der Waals surface area contributed by atoms with Crippen molar-refractivity contribution in [3.8, 4) is 0 Å². The second-order valence-electron chi connectivity index (χ2n) is 3.45. The van der Waals surface area contributed by atoms with Gasteiger partial charge in [0.2, 0.25) is 0 Å². The average molecular weight is 217 g/mol. The molecule has 1 aromatic rings. The quantitative estimate of drug-likeness (QED) is 0.719. The zero-order valence-corrected chi connectivity index (χ0v) is 8.24. The van der Waals surface area contributed by atoms with Gasteiger partial charge >= 0.3 is 10.3 Å². The molecule has 1 fully saturated rings. The summed E-state index contributed by atoms with van der Waals surface area (Å²) < 4.78 is 33.4. The number of nitrogens with zero attached hydrogens (tertiary/aromatic N) is 2. The van der Waals surface area contributed by atoms with Crippen LogP contribution in [0.1, 0.15) is 12.8 Å². The number of anilines is 1. The highest BCUT2D eigenvalue weighted by atomic mass is 32.2. The normalized spacial score (nSPS) is 16.9. The molecule has 0 atom stereocenters. The van der Waals surface area contributed by atoms with Gasteiger partial charge in [0.1, 0.15) is 5.82 Å². The molecule has 0 aliphatic heterocycles. The highest BCUT2D eigenvalue weighted by molar-refractivity contribution is 7.87. The molecule has 1 aliphatic rings. The van der Waals surface area contributed by atoms with Gasteiger partial charge in [-0.1, -0.05) is 0 Å². The van der Waals surface area contributed by atoms with E-state index in [1.54, 1.807) is 10.9 Å². The van der Waals surface area contributed by atoms with Crippen LogP contribution < -0.4 is 4.72 Å². The van der Waals surface area contributed by atoms with E-state index in [2.05, 4.69) is 4.98 Å². The molecule has 2 N–H and O–H groups in total. The number of hydrogen-bond acceptors (Lipinski definition) is 3. The Morgan fingerprint density at radius 2 is 2.36 bits per heavy atom. The number of aromatic nitrogens is 2. The van der Waals surface area contributed by atoms with E-state index in [0.717, 1.165) is 6.54 Å². The van der Waals surface area contributed by atoms with E-state index in [-0.39, 0.29) is 0 Å². The lowest BCUT2D eigenvalue weighted by Gasteiger charge is -2.06. The van der Waals surface area contributed by atoms with Gasteiger partial charge in [-0.3, -0.25) is 4.55 Å². The van der Waals surface area contributed by atoms with Crippen LogP contribution in [0, 0.1) is 5.92 Å². The van der Waals surface area contributed by atoms with E-state index in [9.17, 15) is 8.42 Å². The van der Waals surface area contributed by atoms with Crippen molar-refractivity contribution in [2.75, 3.05) is 4.72 Å². The molecule has 1 saturated carbocycles. The molecule has 0 saturated heterocycles. The minimum Gasteiger partial charge on any atom is -0.317 e. The first-order chi connectivity index (χ1) is 6.54. The molecule has 7 heteroatoms. The third-order valence-electron chi connectivity index (χ3n) is 2.10. The summed E-state index contributed by atoms with van der Waals surface area (Å²) in [7, 11) is -4.20. The summed E-state index contributed by atoms with van der Waals surface area (Å²) in [6.45, 7) is 0.748. The fourth-order valence-corrected chi connectivity index (χ4v) is 1.70. The molecule has 0 unspecified atom stereocenters. The van der Waals surface area contributed by atoms with Gasteiger partial charge in [0, 0.05) is 6.54 Å². The minimum absolute atomic E-state index is 0.305. The maximum absolute atomic E-state index is 10.6. The lowest BCUT2D eigenvalue weighted by atomic mass is 10.4. The van der Waals surface area contributed by atoms with Crippen LogP contribution in [0.5, 0.6) is 0 Å². The van der Waals surface area contributed by atoms with Gasteiger partial charge in [0.15, 0.2) is 0 Å². The first-order valence-electron chi connectivity index (χ1n) is 4.30. The molecule has 0 amide bonds. The molecular formula is C7H11N3O3S. The molecule has 2 rings (SSSR count). The van der Waals surface area contributed by atoms with Crippen molar-refractivity contribution in [3.05, 3.63) is 12.5 Å². The van der Waals surface area contributed by atoms with Crippen molar-refractivity contribution >= 4 is 16.1 Å². The summed E-state index contributed by atoms with van der Waals surface area (Å²) in [5.74, 6) is 0.922. The fraction of sp³-hybridized carbons (Fsp3) is 0.571. The summed E-state index contributed by atoms with van der Waals surface area (Å²) in [6, 6.07) is 0. The van der Waals surface area contributed by atoms with Gasteiger partial charge in [-0.25, -0.2) is 9.71 Å². The topological polar surface area (TPSA) is 84.2 Å². The lowest BCUT2D eigenvalue weighted by molar-refractivity contribution is 0.488. The van der Waals surface area contributed by atoms with Crippen molar-refractivity contribution < 1.29 is 13.0 Å². The largest absolute Gasteiger partial charge is 0.358 e. The molecular weight excluding hydrogens is 206 g/mol. The molecule has 1 aromatic heterocycles. The average Bonchev–Trinajstić information content (AvgIpc) is 2.74. The molecule has 0 spiro atoms. The lowest BCUT2D eigenvalue weighted by Crippen LogP contribution is -2.14. The van der Waals surface area contributed by atoms with Crippen LogP contribution in [0.4, 0.5) is 5.82 Å². The summed E-state index contributed by atoms with van der Waals surface area (Å²) >= 11 is 0. The Kier molecular flexibility index (Phi) is 2.20. The monoisotopic (exact) mass is 217 g/mol. The molecule has 1 heterocycles. The first kappa shape index (κ1) is 9.47. The Bertz CT molecular complexity index is 421. The predicted octanol–water partition coefficient (Wildman–Crippen LogP) is 0.508. The van der Waals surface area contributed by atoms with Gasteiger partial charge in [-0.15, -0.1) is 0 Å². The zero-order valence-electron chi connectivity index (χ0n) is 7.42. The number of hydrogen-bond donors (Lipinski definition) is 2. The molecule has 6 nitrogen and oxygen atoms in total. The summed E-state index contributed by atoms with van der Waals surface area (Å²) in [6.07, 6.45) is 5.26. The van der Waals surface area contributed by atoms with E-state index < -0.39 is 10.3 Å². The smallest absolute Gasteiger partial charge is 0.317 e. The standard InChI is InChI=1S/C7H11N3O3S/c11-14(12,13)9-7-3-8-5-10(7)4-6-1-2-6/h3,5-6,9H,1-2,4H2,(H,11,12,13). The van der Waals surface area contributed by atoms with E-state index in [0.29, 0.717) is 11.7 Å². The van der Waals surface area contributed by atoms with Crippen LogP contribution in [0.2, 0.25) is 0 Å². The Labute approximate surface area is 81.8 Å². The Balaban J connectivity index is 2.12. The first-order valence-corrected chi connectivity index (χ1v) is 5.74. The van der Waals surface area contributed by atoms with E-state index in [1.807, 2.05) is 4.72 Å². The van der Waals surface area contributed by atoms with E-state index >= 15 is 0 Å². The molecule has 1 aliphatic carbocycles. The van der Waals surface area contributed by atoms with Crippen molar-refractivity contribution in [2.24, 2.45) is 5.92 Å². The Morgan fingerprint density at radius 1 is 1.64 bits per heavy atom. The predicted molar refractivity (Wildman–Crippen MR) is 50.1 cm³/mol. The van der Waals surface area contributed by atoms with Crippen LogP contribution in [-0.4, -0.2) is 22.5 Å². The minimum atomic E-state index is -4.20. The van der Waals surface area contributed by atoms with Crippen LogP contribution in [0.3, 0.4) is 0 Å². The summed E-state index contributed by atoms with van der Waals surface area (Å²) in [5.41, 5.74) is 0. The highest BCUT2D eigenvalue weighted by Crippen LogP contribution is 2.31. The third-order valence-corrected chi connectivity index (χ3v) is 2.56. The van der Waals surface area contributed by atoms with Gasteiger partial charge in [-0.2, -0.15) is 8.42 Å². The Morgan fingerprint density at radius 3 is 2.93 bits per heavy atom. The maximum atomic E-state index is 10.6. The van der Waals surface area contributed by atoms with Crippen LogP contribution >= 0.6 is 0 Å². The number of imidazole rings is 1. The molecule has 78 valence electrons. The van der Waals surface area contributed by atoms with Crippen LogP contribution in [0.15, 0.2) is 12.5 Å². The van der Waals surface area contributed by atoms with Crippen molar-refractivity contribution in [2.45, 2.75) is 19.4 Å². The zero-order chi connectivity index (χ0) is 10.2. The van der Waals surface area contributed by atoms with Gasteiger partial charge in [0.05, 0.1) is 12.5 Å². The van der Waals surface area contributed by atoms with Crippen molar-refractivity contribution in [1.29, 1.82) is 0 Å². The highest BCUT2D eigenvalue weighted by Gasteiger charge is 2.23. The second kappa shape index (κ2) is 3.25. The number of rotatable bonds is 4. The number of nitrogens with one attached hydrogen (secondary N) is 1. The van der Waals surface area contributed by atoms with Crippen LogP contribution in [-0.2, 0) is 16.8 Å². The Hall–Kier alpha value is -1.08. The molecule has 0 radical (unpaired) electrons. The van der Waals surface area contributed by atoms with Crippen molar-refractivity contribution in [1.82, 2.24) is 9.55 Å². The maximum Gasteiger partial charge on any atom is 0.358 e. The second-order valence-corrected chi connectivity index (χ2v) is 4.61. The van der Waals surface area contributed by atoms with Crippen LogP contribution in [0.25, 0.3) is 0 Å². The van der Waals surface area contributed by atoms with E-state index in [4.69, 9.17) is 4.55 Å². The molecule has 14 heavy (non-hydrogen) atoms. The SMILES string of the molecule is O=S(=O)(O)Nc1cncn1CC1CC1. The van der Waals surface area contributed by atoms with Gasteiger partial charge in [0.25, 0.3) is 0 Å². The molecule has 0 bridgehead atoms.